The van der Waals surface area contributed by atoms with E-state index < -0.39 is 0 Å². The molecule has 3 rings (SSSR count). The van der Waals surface area contributed by atoms with Gasteiger partial charge in [0.15, 0.2) is 0 Å². The lowest BCUT2D eigenvalue weighted by Crippen LogP contribution is -2.44. The third-order valence-corrected chi connectivity index (χ3v) is 6.45. The Labute approximate surface area is 189 Å². The van der Waals surface area contributed by atoms with Crippen LogP contribution in [0.5, 0.6) is 0 Å². The van der Waals surface area contributed by atoms with Crippen LogP contribution in [0.15, 0.2) is 42.5 Å². The number of pyridine rings is 1. The summed E-state index contributed by atoms with van der Waals surface area (Å²) in [6, 6.07) is 13.5. The fourth-order valence-electron chi connectivity index (χ4n) is 3.88. The molecule has 0 radical (unpaired) electrons. The molecular formula is C25H28Cl2N2O. The first-order chi connectivity index (χ1) is 14.3. The van der Waals surface area contributed by atoms with E-state index in [4.69, 9.17) is 28.2 Å². The number of nitrogens with zero attached hydrogens (tertiary/aromatic N) is 2. The number of carbonyl (C=O) groups excluding carboxylic acids is 1. The smallest absolute Gasteiger partial charge is 0.255 e. The summed E-state index contributed by atoms with van der Waals surface area (Å²) in [5.74, 6) is 0.0427. The fourth-order valence-corrected chi connectivity index (χ4v) is 4.38. The lowest BCUT2D eigenvalue weighted by atomic mass is 9.95. The molecule has 0 aliphatic carbocycles. The van der Waals surface area contributed by atoms with Gasteiger partial charge in [-0.3, -0.25) is 4.79 Å². The predicted molar refractivity (Wildman–Crippen MR) is 128 cm³/mol. The van der Waals surface area contributed by atoms with Gasteiger partial charge in [-0.15, -0.1) is 0 Å². The van der Waals surface area contributed by atoms with Crippen molar-refractivity contribution in [3.63, 3.8) is 0 Å². The number of amides is 1. The van der Waals surface area contributed by atoms with Crippen molar-refractivity contribution in [2.75, 3.05) is 0 Å². The first-order valence-electron chi connectivity index (χ1n) is 10.5. The summed E-state index contributed by atoms with van der Waals surface area (Å²) in [6.45, 7) is 10.4. The van der Waals surface area contributed by atoms with Crippen LogP contribution in [0.4, 0.5) is 0 Å². The molecule has 1 heterocycles. The number of aromatic nitrogens is 1. The average Bonchev–Trinajstić information content (AvgIpc) is 2.73. The fraction of sp³-hybridized carbons (Fsp3) is 0.360. The zero-order valence-corrected chi connectivity index (χ0v) is 19.7. The van der Waals surface area contributed by atoms with Gasteiger partial charge >= 0.3 is 0 Å². The Balaban J connectivity index is 2.30. The molecule has 0 fully saturated rings. The molecule has 5 heteroatoms. The molecule has 0 saturated heterocycles. The van der Waals surface area contributed by atoms with Gasteiger partial charge in [0.05, 0.1) is 21.8 Å². The van der Waals surface area contributed by atoms with Crippen LogP contribution in [0.1, 0.15) is 56.5 Å². The summed E-state index contributed by atoms with van der Waals surface area (Å²) >= 11 is 12.6. The molecule has 0 N–H and O–H groups in total. The van der Waals surface area contributed by atoms with Crippen molar-refractivity contribution >= 4 is 40.0 Å². The summed E-state index contributed by atoms with van der Waals surface area (Å²) < 4.78 is 0. The monoisotopic (exact) mass is 442 g/mol. The summed E-state index contributed by atoms with van der Waals surface area (Å²) in [7, 11) is 0. The maximum absolute atomic E-state index is 13.9. The number of fused-ring (bicyclic) bond motifs is 1. The summed E-state index contributed by atoms with van der Waals surface area (Å²) in [5.41, 5.74) is 3.80. The zero-order chi connectivity index (χ0) is 22.0. The van der Waals surface area contributed by atoms with Crippen LogP contribution in [-0.2, 0) is 0 Å². The Morgan fingerprint density at radius 2 is 1.67 bits per heavy atom. The third-order valence-electron chi connectivity index (χ3n) is 5.90. The Morgan fingerprint density at radius 3 is 2.27 bits per heavy atom. The van der Waals surface area contributed by atoms with Crippen LogP contribution < -0.4 is 0 Å². The van der Waals surface area contributed by atoms with E-state index in [0.29, 0.717) is 21.3 Å². The van der Waals surface area contributed by atoms with Crippen LogP contribution in [0.2, 0.25) is 10.0 Å². The number of benzene rings is 2. The number of para-hydroxylation sites is 1. The molecule has 3 nitrogen and oxygen atoms in total. The molecule has 0 aliphatic rings. The topological polar surface area (TPSA) is 33.2 Å². The van der Waals surface area contributed by atoms with Gasteiger partial charge < -0.3 is 4.90 Å². The van der Waals surface area contributed by atoms with E-state index in [-0.39, 0.29) is 18.0 Å². The minimum atomic E-state index is 0.0427. The highest BCUT2D eigenvalue weighted by Crippen LogP contribution is 2.36. The van der Waals surface area contributed by atoms with Gasteiger partial charge in [-0.2, -0.15) is 0 Å². The van der Waals surface area contributed by atoms with E-state index in [1.807, 2.05) is 42.2 Å². The van der Waals surface area contributed by atoms with Gasteiger partial charge in [-0.25, -0.2) is 4.98 Å². The zero-order valence-electron chi connectivity index (χ0n) is 18.2. The van der Waals surface area contributed by atoms with E-state index in [1.54, 1.807) is 12.1 Å². The van der Waals surface area contributed by atoms with Crippen molar-refractivity contribution in [1.82, 2.24) is 9.88 Å². The van der Waals surface area contributed by atoms with E-state index >= 15 is 0 Å². The first kappa shape index (κ1) is 22.6. The minimum Gasteiger partial charge on any atom is -0.333 e. The number of hydrogen-bond donors (Lipinski definition) is 0. The van der Waals surface area contributed by atoms with Crippen molar-refractivity contribution in [3.8, 4) is 11.3 Å². The first-order valence-corrected chi connectivity index (χ1v) is 11.2. The molecule has 0 bridgehead atoms. The summed E-state index contributed by atoms with van der Waals surface area (Å²) in [5, 5.41) is 1.95. The summed E-state index contributed by atoms with van der Waals surface area (Å²) in [4.78, 5) is 20.8. The Bertz CT molecular complexity index is 1070. The highest BCUT2D eigenvalue weighted by atomic mass is 35.5. The SMILES string of the molecule is CCC(C)N(C(=O)c1c(C)c(-c2ccc(Cl)cc2Cl)nc2ccccc12)C(C)CC. The van der Waals surface area contributed by atoms with Crippen LogP contribution in [0.25, 0.3) is 22.2 Å². The Kier molecular flexibility index (Phi) is 7.05. The second-order valence-corrected chi connectivity index (χ2v) is 8.67. The molecule has 0 saturated carbocycles. The van der Waals surface area contributed by atoms with E-state index in [0.717, 1.165) is 34.9 Å². The summed E-state index contributed by atoms with van der Waals surface area (Å²) in [6.07, 6.45) is 1.79. The molecule has 2 unspecified atom stereocenters. The Hall–Kier alpha value is -2.10. The maximum Gasteiger partial charge on any atom is 0.255 e. The van der Waals surface area contributed by atoms with Crippen LogP contribution in [0.3, 0.4) is 0 Å². The highest BCUT2D eigenvalue weighted by molar-refractivity contribution is 6.36. The number of rotatable bonds is 6. The predicted octanol–water partition coefficient (Wildman–Crippen LogP) is 7.56. The molecule has 0 aliphatic heterocycles. The molecule has 158 valence electrons. The van der Waals surface area contributed by atoms with Crippen LogP contribution in [-0.4, -0.2) is 27.9 Å². The van der Waals surface area contributed by atoms with Crippen molar-refractivity contribution in [1.29, 1.82) is 0 Å². The van der Waals surface area contributed by atoms with Gasteiger partial charge in [0.25, 0.3) is 5.91 Å². The van der Waals surface area contributed by atoms with Crippen molar-refractivity contribution in [2.24, 2.45) is 0 Å². The molecule has 3 aromatic rings. The average molecular weight is 443 g/mol. The molecule has 30 heavy (non-hydrogen) atoms. The molecule has 1 aromatic heterocycles. The third kappa shape index (κ3) is 4.19. The largest absolute Gasteiger partial charge is 0.333 e. The van der Waals surface area contributed by atoms with Gasteiger partial charge in [0, 0.05) is 28.1 Å². The quantitative estimate of drug-likeness (QED) is 0.394. The second kappa shape index (κ2) is 9.36. The number of hydrogen-bond acceptors (Lipinski definition) is 2. The van der Waals surface area contributed by atoms with Gasteiger partial charge in [0.2, 0.25) is 0 Å². The van der Waals surface area contributed by atoms with Gasteiger partial charge in [0.1, 0.15) is 0 Å². The van der Waals surface area contributed by atoms with Crippen molar-refractivity contribution in [2.45, 2.75) is 59.5 Å². The molecule has 2 atom stereocenters. The maximum atomic E-state index is 13.9. The van der Waals surface area contributed by atoms with Gasteiger partial charge in [-0.1, -0.05) is 55.2 Å². The van der Waals surface area contributed by atoms with E-state index in [9.17, 15) is 4.79 Å². The van der Waals surface area contributed by atoms with Crippen molar-refractivity contribution < 1.29 is 4.79 Å². The van der Waals surface area contributed by atoms with Crippen LogP contribution in [0, 0.1) is 6.92 Å². The van der Waals surface area contributed by atoms with E-state index in [1.165, 1.54) is 0 Å². The minimum absolute atomic E-state index is 0.0427. The number of carbonyl (C=O) groups is 1. The highest BCUT2D eigenvalue weighted by Gasteiger charge is 2.29. The van der Waals surface area contributed by atoms with Crippen LogP contribution >= 0.6 is 23.2 Å². The van der Waals surface area contributed by atoms with Gasteiger partial charge in [-0.05, 0) is 63.4 Å². The second-order valence-electron chi connectivity index (χ2n) is 7.83. The normalized spacial score (nSPS) is 13.3. The molecule has 1 amide bonds. The van der Waals surface area contributed by atoms with E-state index in [2.05, 4.69) is 27.7 Å². The number of halogens is 2. The lowest BCUT2D eigenvalue weighted by molar-refractivity contribution is 0.0599. The van der Waals surface area contributed by atoms with Crippen molar-refractivity contribution in [3.05, 3.63) is 63.6 Å². The molecular weight excluding hydrogens is 415 g/mol. The standard InChI is InChI=1S/C25H28Cl2N2O/c1-6-15(3)29(16(4)7-2)25(30)23-17(5)24(19-13-12-18(26)14-21(19)27)28-22-11-9-8-10-20(22)23/h8-16H,6-7H2,1-5H3. The Morgan fingerprint density at radius 1 is 1.03 bits per heavy atom. The lowest BCUT2D eigenvalue weighted by Gasteiger charge is -2.35. The molecule has 2 aromatic carbocycles. The molecule has 0 spiro atoms.